The third-order valence-electron chi connectivity index (χ3n) is 3.21. The van der Waals surface area contributed by atoms with Crippen molar-refractivity contribution in [3.8, 4) is 0 Å². The van der Waals surface area contributed by atoms with Crippen molar-refractivity contribution in [2.45, 2.75) is 0 Å². The lowest BCUT2D eigenvalue weighted by Crippen LogP contribution is -2.25. The molecular weight excluding hydrogens is 334 g/mol. The second-order valence-electron chi connectivity index (χ2n) is 4.50. The zero-order valence-electron chi connectivity index (χ0n) is 10.8. The summed E-state index contributed by atoms with van der Waals surface area (Å²) in [7, 11) is 1.81. The van der Waals surface area contributed by atoms with Crippen LogP contribution in [0.2, 0.25) is 0 Å². The molecule has 1 heterocycles. The monoisotopic (exact) mass is 345 g/mol. The minimum atomic E-state index is 0.0102. The summed E-state index contributed by atoms with van der Waals surface area (Å²) in [5.74, 6) is 0.0102. The Morgan fingerprint density at radius 3 is 2.50 bits per heavy atom. The number of rotatable bonds is 2. The Hall–Kier alpha value is -1.65. The molecule has 0 aliphatic rings. The van der Waals surface area contributed by atoms with Gasteiger partial charge in [-0.05, 0) is 51.0 Å². The van der Waals surface area contributed by atoms with Gasteiger partial charge in [-0.25, -0.2) is 0 Å². The third-order valence-corrected chi connectivity index (χ3v) is 4.82. The highest BCUT2D eigenvalue weighted by Gasteiger charge is 2.15. The van der Waals surface area contributed by atoms with Crippen LogP contribution in [0.25, 0.3) is 10.8 Å². The van der Waals surface area contributed by atoms with Gasteiger partial charge in [-0.1, -0.05) is 30.3 Å². The predicted molar refractivity (Wildman–Crippen MR) is 88.7 cm³/mol. The molecular formula is C16H12BrNOS. The van der Waals surface area contributed by atoms with Crippen LogP contribution in [-0.2, 0) is 0 Å². The number of hydrogen-bond acceptors (Lipinski definition) is 2. The Labute approximate surface area is 129 Å². The standard InChI is InChI=1S/C16H12BrNOS/c1-18(16(19)14-8-9-15(17)20-14)13-7-6-11-4-2-3-5-12(11)10-13/h2-10H,1H3. The second-order valence-corrected chi connectivity index (χ2v) is 6.96. The first-order chi connectivity index (χ1) is 9.65. The van der Waals surface area contributed by atoms with E-state index in [4.69, 9.17) is 0 Å². The molecule has 4 heteroatoms. The second kappa shape index (κ2) is 5.38. The van der Waals surface area contributed by atoms with E-state index in [9.17, 15) is 4.79 Å². The number of halogens is 1. The van der Waals surface area contributed by atoms with Crippen molar-refractivity contribution in [3.05, 3.63) is 63.3 Å². The molecule has 0 aliphatic carbocycles. The summed E-state index contributed by atoms with van der Waals surface area (Å²) >= 11 is 4.83. The van der Waals surface area contributed by atoms with Gasteiger partial charge < -0.3 is 4.90 Å². The number of fused-ring (bicyclic) bond motifs is 1. The van der Waals surface area contributed by atoms with E-state index in [0.717, 1.165) is 19.7 Å². The van der Waals surface area contributed by atoms with Crippen LogP contribution in [0, 0.1) is 0 Å². The molecule has 1 aromatic heterocycles. The van der Waals surface area contributed by atoms with Crippen molar-refractivity contribution in [1.82, 2.24) is 0 Å². The first-order valence-electron chi connectivity index (χ1n) is 6.17. The van der Waals surface area contributed by atoms with E-state index >= 15 is 0 Å². The fraction of sp³-hybridized carbons (Fsp3) is 0.0625. The number of benzene rings is 2. The predicted octanol–water partition coefficient (Wildman–Crippen LogP) is 4.94. The molecule has 0 bridgehead atoms. The summed E-state index contributed by atoms with van der Waals surface area (Å²) in [4.78, 5) is 14.8. The molecule has 1 amide bonds. The molecule has 2 nitrogen and oxygen atoms in total. The van der Waals surface area contributed by atoms with E-state index in [1.165, 1.54) is 16.7 Å². The summed E-state index contributed by atoms with van der Waals surface area (Å²) < 4.78 is 0.966. The van der Waals surface area contributed by atoms with Crippen molar-refractivity contribution in [2.75, 3.05) is 11.9 Å². The molecule has 0 saturated heterocycles. The molecule has 0 fully saturated rings. The highest BCUT2D eigenvalue weighted by atomic mass is 79.9. The quantitative estimate of drug-likeness (QED) is 0.644. The van der Waals surface area contributed by atoms with Gasteiger partial charge in [-0.2, -0.15) is 0 Å². The van der Waals surface area contributed by atoms with Crippen molar-refractivity contribution < 1.29 is 4.79 Å². The summed E-state index contributed by atoms with van der Waals surface area (Å²) in [6.07, 6.45) is 0. The number of thiophene rings is 1. The highest BCUT2D eigenvalue weighted by Crippen LogP contribution is 2.26. The largest absolute Gasteiger partial charge is 0.311 e. The van der Waals surface area contributed by atoms with Gasteiger partial charge in [0.1, 0.15) is 0 Å². The summed E-state index contributed by atoms with van der Waals surface area (Å²) in [5.41, 5.74) is 0.901. The lowest BCUT2D eigenvalue weighted by molar-refractivity contribution is 0.0997. The first kappa shape index (κ1) is 13.3. The maximum atomic E-state index is 12.4. The van der Waals surface area contributed by atoms with Crippen LogP contribution in [0.15, 0.2) is 58.4 Å². The Kier molecular flexibility index (Phi) is 3.59. The number of carbonyl (C=O) groups is 1. The van der Waals surface area contributed by atoms with Crippen molar-refractivity contribution in [1.29, 1.82) is 0 Å². The molecule has 100 valence electrons. The number of amides is 1. The van der Waals surface area contributed by atoms with Crippen molar-refractivity contribution >= 4 is 49.6 Å². The number of hydrogen-bond donors (Lipinski definition) is 0. The van der Waals surface area contributed by atoms with Crippen molar-refractivity contribution in [2.24, 2.45) is 0 Å². The zero-order chi connectivity index (χ0) is 14.1. The summed E-state index contributed by atoms with van der Waals surface area (Å²) in [6.45, 7) is 0. The van der Waals surface area contributed by atoms with Crippen LogP contribution in [0.1, 0.15) is 9.67 Å². The molecule has 20 heavy (non-hydrogen) atoms. The minimum absolute atomic E-state index is 0.0102. The minimum Gasteiger partial charge on any atom is -0.311 e. The number of nitrogens with zero attached hydrogens (tertiary/aromatic N) is 1. The average molecular weight is 346 g/mol. The highest BCUT2D eigenvalue weighted by molar-refractivity contribution is 9.11. The Morgan fingerprint density at radius 1 is 1.05 bits per heavy atom. The maximum Gasteiger partial charge on any atom is 0.268 e. The SMILES string of the molecule is CN(C(=O)c1ccc(Br)s1)c1ccc2ccccc2c1. The Morgan fingerprint density at radius 2 is 1.80 bits per heavy atom. The van der Waals surface area contributed by atoms with E-state index in [1.54, 1.807) is 11.9 Å². The van der Waals surface area contributed by atoms with Gasteiger partial charge in [0.05, 0.1) is 8.66 Å². The molecule has 0 radical (unpaired) electrons. The summed E-state index contributed by atoms with van der Waals surface area (Å²) in [6, 6.07) is 17.9. The van der Waals surface area contributed by atoms with Gasteiger partial charge in [0.2, 0.25) is 0 Å². The van der Waals surface area contributed by atoms with Gasteiger partial charge in [0, 0.05) is 12.7 Å². The fourth-order valence-corrected chi connectivity index (χ4v) is 3.46. The summed E-state index contributed by atoms with van der Waals surface area (Å²) in [5, 5.41) is 2.31. The van der Waals surface area contributed by atoms with E-state index in [-0.39, 0.29) is 5.91 Å². The number of anilines is 1. The lowest BCUT2D eigenvalue weighted by atomic mass is 10.1. The molecule has 3 aromatic rings. The van der Waals surface area contributed by atoms with Crippen LogP contribution < -0.4 is 4.90 Å². The fourth-order valence-electron chi connectivity index (χ4n) is 2.10. The molecule has 0 aliphatic heterocycles. The first-order valence-corrected chi connectivity index (χ1v) is 7.78. The third kappa shape index (κ3) is 2.49. The number of carbonyl (C=O) groups excluding carboxylic acids is 1. The average Bonchev–Trinajstić information content (AvgIpc) is 2.92. The van der Waals surface area contributed by atoms with Crippen LogP contribution in [-0.4, -0.2) is 13.0 Å². The topological polar surface area (TPSA) is 20.3 Å². The molecule has 0 spiro atoms. The Balaban J connectivity index is 1.95. The zero-order valence-corrected chi connectivity index (χ0v) is 13.2. The maximum absolute atomic E-state index is 12.4. The molecule has 0 saturated carbocycles. The van der Waals surface area contributed by atoms with E-state index < -0.39 is 0 Å². The van der Waals surface area contributed by atoms with Crippen LogP contribution in [0.3, 0.4) is 0 Å². The van der Waals surface area contributed by atoms with Crippen LogP contribution >= 0.6 is 27.3 Å². The smallest absolute Gasteiger partial charge is 0.268 e. The van der Waals surface area contributed by atoms with Crippen LogP contribution in [0.5, 0.6) is 0 Å². The van der Waals surface area contributed by atoms with Gasteiger partial charge in [0.25, 0.3) is 5.91 Å². The van der Waals surface area contributed by atoms with Gasteiger partial charge in [-0.15, -0.1) is 11.3 Å². The molecule has 0 atom stereocenters. The van der Waals surface area contributed by atoms with E-state index in [2.05, 4.69) is 28.1 Å². The molecule has 2 aromatic carbocycles. The van der Waals surface area contributed by atoms with Gasteiger partial charge >= 0.3 is 0 Å². The molecule has 0 unspecified atom stereocenters. The van der Waals surface area contributed by atoms with Crippen molar-refractivity contribution in [3.63, 3.8) is 0 Å². The van der Waals surface area contributed by atoms with E-state index in [1.807, 2.05) is 42.5 Å². The van der Waals surface area contributed by atoms with Gasteiger partial charge in [0.15, 0.2) is 0 Å². The van der Waals surface area contributed by atoms with Gasteiger partial charge in [-0.3, -0.25) is 4.79 Å². The lowest BCUT2D eigenvalue weighted by Gasteiger charge is -2.17. The molecule has 3 rings (SSSR count). The Bertz CT molecular complexity index is 781. The molecule has 0 N–H and O–H groups in total. The normalized spacial score (nSPS) is 10.7. The van der Waals surface area contributed by atoms with E-state index in [0.29, 0.717) is 0 Å². The van der Waals surface area contributed by atoms with Crippen LogP contribution in [0.4, 0.5) is 5.69 Å².